The predicted octanol–water partition coefficient (Wildman–Crippen LogP) is 2.36. The van der Waals surface area contributed by atoms with Gasteiger partial charge < -0.3 is 15.5 Å². The van der Waals surface area contributed by atoms with Gasteiger partial charge in [-0.25, -0.2) is 0 Å². The summed E-state index contributed by atoms with van der Waals surface area (Å²) in [7, 11) is 0. The Bertz CT molecular complexity index is 251. The Balaban J connectivity index is 3.79. The number of unbranched alkanes of at least 4 members (excludes halogenated alkanes) is 1. The molecule has 0 aromatic rings. The Morgan fingerprint density at radius 1 is 1.42 bits per heavy atom. The molecule has 2 atom stereocenters. The summed E-state index contributed by atoms with van der Waals surface area (Å²) in [6.07, 6.45) is 3.55. The van der Waals surface area contributed by atoms with Gasteiger partial charge in [0.25, 0.3) is 0 Å². The van der Waals surface area contributed by atoms with Gasteiger partial charge in [0.2, 0.25) is 0 Å². The summed E-state index contributed by atoms with van der Waals surface area (Å²) in [5.74, 6) is 1.59. The van der Waals surface area contributed by atoms with Gasteiger partial charge in [0.15, 0.2) is 0 Å². The highest BCUT2D eigenvalue weighted by Crippen LogP contribution is 2.17. The Morgan fingerprint density at radius 3 is 2.63 bits per heavy atom. The summed E-state index contributed by atoms with van der Waals surface area (Å²) in [4.78, 5) is 11.3. The lowest BCUT2D eigenvalue weighted by Crippen LogP contribution is -2.49. The average molecular weight is 291 g/mol. The minimum atomic E-state index is -0.793. The second kappa shape index (κ2) is 10.5. The maximum Gasteiger partial charge on any atom is 0.323 e. The van der Waals surface area contributed by atoms with Gasteiger partial charge in [0, 0.05) is 6.61 Å². The maximum atomic E-state index is 11.3. The molecule has 0 amide bonds. The third-order valence-electron chi connectivity index (χ3n) is 3.17. The van der Waals surface area contributed by atoms with Gasteiger partial charge in [-0.1, -0.05) is 20.3 Å². The highest BCUT2D eigenvalue weighted by Gasteiger charge is 2.31. The molecule has 19 heavy (non-hydrogen) atoms. The normalized spacial score (nSPS) is 16.0. The van der Waals surface area contributed by atoms with E-state index in [0.717, 1.165) is 37.3 Å². The first-order valence-corrected chi connectivity index (χ1v) is 8.28. The summed E-state index contributed by atoms with van der Waals surface area (Å²) in [6.45, 7) is 6.82. The number of hydrogen-bond donors (Lipinski definition) is 3. The van der Waals surface area contributed by atoms with Crippen LogP contribution in [0.25, 0.3) is 0 Å². The van der Waals surface area contributed by atoms with Crippen LogP contribution in [-0.2, 0) is 4.79 Å². The Kier molecular flexibility index (Phi) is 10.4. The lowest BCUT2D eigenvalue weighted by molar-refractivity contribution is -0.144. The van der Waals surface area contributed by atoms with Crippen LogP contribution in [0.2, 0.25) is 0 Å². The van der Waals surface area contributed by atoms with Crippen molar-refractivity contribution in [3.05, 3.63) is 0 Å². The topological polar surface area (TPSA) is 69.6 Å². The van der Waals surface area contributed by atoms with E-state index in [0.29, 0.717) is 12.3 Å². The second-order valence-corrected chi connectivity index (χ2v) is 6.53. The number of hydrogen-bond acceptors (Lipinski definition) is 4. The van der Waals surface area contributed by atoms with Crippen LogP contribution < -0.4 is 5.32 Å². The van der Waals surface area contributed by atoms with Gasteiger partial charge in [-0.15, -0.1) is 0 Å². The molecular formula is C14H29NO3S. The Hall–Kier alpha value is -0.260. The SMILES string of the molecule is CCCNC(C)(CCCCSCC(C)CO)C(=O)O. The number of carbonyl (C=O) groups is 1. The van der Waals surface area contributed by atoms with E-state index in [1.165, 1.54) is 0 Å². The van der Waals surface area contributed by atoms with Crippen LogP contribution in [0.5, 0.6) is 0 Å². The number of aliphatic hydroxyl groups is 1. The van der Waals surface area contributed by atoms with Crippen LogP contribution in [0, 0.1) is 5.92 Å². The van der Waals surface area contributed by atoms with Crippen molar-refractivity contribution in [2.75, 3.05) is 24.7 Å². The van der Waals surface area contributed by atoms with Gasteiger partial charge in [-0.2, -0.15) is 11.8 Å². The van der Waals surface area contributed by atoms with E-state index < -0.39 is 11.5 Å². The fourth-order valence-corrected chi connectivity index (χ4v) is 2.77. The van der Waals surface area contributed by atoms with Crippen LogP contribution in [-0.4, -0.2) is 46.4 Å². The smallest absolute Gasteiger partial charge is 0.323 e. The van der Waals surface area contributed by atoms with E-state index in [-0.39, 0.29) is 6.61 Å². The zero-order chi connectivity index (χ0) is 14.7. The van der Waals surface area contributed by atoms with E-state index in [2.05, 4.69) is 5.32 Å². The first-order chi connectivity index (χ1) is 8.96. The molecule has 0 radical (unpaired) electrons. The number of aliphatic carboxylic acids is 1. The van der Waals surface area contributed by atoms with Crippen molar-refractivity contribution in [2.45, 2.75) is 52.0 Å². The van der Waals surface area contributed by atoms with Crippen LogP contribution >= 0.6 is 11.8 Å². The lowest BCUT2D eigenvalue weighted by atomic mass is 9.95. The Labute approximate surface area is 121 Å². The van der Waals surface area contributed by atoms with Crippen molar-refractivity contribution in [2.24, 2.45) is 5.92 Å². The molecule has 0 saturated carbocycles. The number of carboxylic acid groups (broad SMARTS) is 1. The van der Waals surface area contributed by atoms with Crippen molar-refractivity contribution >= 4 is 17.7 Å². The van der Waals surface area contributed by atoms with Gasteiger partial charge in [-0.3, -0.25) is 4.79 Å². The third kappa shape index (κ3) is 8.50. The molecular weight excluding hydrogens is 262 g/mol. The van der Waals surface area contributed by atoms with Crippen LogP contribution in [0.1, 0.15) is 46.5 Å². The molecule has 0 rings (SSSR count). The summed E-state index contributed by atoms with van der Waals surface area (Å²) < 4.78 is 0. The molecule has 0 aromatic heterocycles. The van der Waals surface area contributed by atoms with Crippen molar-refractivity contribution in [3.8, 4) is 0 Å². The highest BCUT2D eigenvalue weighted by atomic mass is 32.2. The number of carboxylic acids is 1. The largest absolute Gasteiger partial charge is 0.480 e. The van der Waals surface area contributed by atoms with E-state index in [1.807, 2.05) is 25.6 Å². The first kappa shape index (κ1) is 18.7. The summed E-state index contributed by atoms with van der Waals surface area (Å²) in [5.41, 5.74) is -0.793. The molecule has 3 N–H and O–H groups in total. The fourth-order valence-electron chi connectivity index (χ4n) is 1.69. The number of nitrogens with one attached hydrogen (secondary N) is 1. The summed E-state index contributed by atoms with van der Waals surface area (Å²) in [5, 5.41) is 21.3. The van der Waals surface area contributed by atoms with Gasteiger partial charge in [0.05, 0.1) is 0 Å². The molecule has 0 spiro atoms. The molecule has 0 saturated heterocycles. The standard InChI is InChI=1S/C14H29NO3S/c1-4-8-15-14(3,13(17)18)7-5-6-9-19-11-12(2)10-16/h12,15-16H,4-11H2,1-3H3,(H,17,18). The van der Waals surface area contributed by atoms with Crippen LogP contribution in [0.15, 0.2) is 0 Å². The maximum absolute atomic E-state index is 11.3. The molecule has 0 fully saturated rings. The highest BCUT2D eigenvalue weighted by molar-refractivity contribution is 7.99. The number of thioether (sulfide) groups is 1. The molecule has 0 heterocycles. The summed E-state index contributed by atoms with van der Waals surface area (Å²) in [6, 6.07) is 0. The lowest BCUT2D eigenvalue weighted by Gasteiger charge is -2.26. The quantitative estimate of drug-likeness (QED) is 0.482. The van der Waals surface area contributed by atoms with Crippen LogP contribution in [0.3, 0.4) is 0 Å². The van der Waals surface area contributed by atoms with Gasteiger partial charge in [0.1, 0.15) is 5.54 Å². The minimum Gasteiger partial charge on any atom is -0.480 e. The molecule has 0 aromatic carbocycles. The molecule has 114 valence electrons. The average Bonchev–Trinajstić information content (AvgIpc) is 2.39. The molecule has 5 heteroatoms. The predicted molar refractivity (Wildman–Crippen MR) is 81.8 cm³/mol. The van der Waals surface area contributed by atoms with Crippen LogP contribution in [0.4, 0.5) is 0 Å². The molecule has 0 bridgehead atoms. The number of aliphatic hydroxyl groups excluding tert-OH is 1. The van der Waals surface area contributed by atoms with E-state index in [9.17, 15) is 9.90 Å². The second-order valence-electron chi connectivity index (χ2n) is 5.38. The molecule has 2 unspecified atom stereocenters. The molecule has 0 aliphatic rings. The molecule has 4 nitrogen and oxygen atoms in total. The van der Waals surface area contributed by atoms with Gasteiger partial charge >= 0.3 is 5.97 Å². The zero-order valence-corrected chi connectivity index (χ0v) is 13.3. The van der Waals surface area contributed by atoms with E-state index >= 15 is 0 Å². The van der Waals surface area contributed by atoms with Crippen molar-refractivity contribution < 1.29 is 15.0 Å². The molecule has 0 aliphatic heterocycles. The van der Waals surface area contributed by atoms with Crippen molar-refractivity contribution in [1.82, 2.24) is 5.32 Å². The minimum absolute atomic E-state index is 0.241. The van der Waals surface area contributed by atoms with Crippen molar-refractivity contribution in [3.63, 3.8) is 0 Å². The monoisotopic (exact) mass is 291 g/mol. The zero-order valence-electron chi connectivity index (χ0n) is 12.4. The summed E-state index contributed by atoms with van der Waals surface area (Å²) >= 11 is 1.83. The fraction of sp³-hybridized carbons (Fsp3) is 0.929. The van der Waals surface area contributed by atoms with E-state index in [1.54, 1.807) is 6.92 Å². The molecule has 0 aliphatic carbocycles. The van der Waals surface area contributed by atoms with Crippen molar-refractivity contribution in [1.29, 1.82) is 0 Å². The first-order valence-electron chi connectivity index (χ1n) is 7.13. The third-order valence-corrected chi connectivity index (χ3v) is 4.55. The Morgan fingerprint density at radius 2 is 2.11 bits per heavy atom. The van der Waals surface area contributed by atoms with E-state index in [4.69, 9.17) is 5.11 Å². The number of rotatable bonds is 12. The van der Waals surface area contributed by atoms with Gasteiger partial charge in [-0.05, 0) is 50.2 Å².